The lowest BCUT2D eigenvalue weighted by atomic mass is 10.2. The van der Waals surface area contributed by atoms with Crippen molar-refractivity contribution in [1.82, 2.24) is 0 Å². The van der Waals surface area contributed by atoms with Crippen LogP contribution in [0.4, 0.5) is 11.4 Å². The van der Waals surface area contributed by atoms with E-state index in [9.17, 15) is 23.3 Å². The molecular weight excluding hydrogens is 388 g/mol. The maximum absolute atomic E-state index is 13.2. The van der Waals surface area contributed by atoms with Crippen LogP contribution in [0.1, 0.15) is 12.5 Å². The van der Waals surface area contributed by atoms with Crippen LogP contribution in [0.25, 0.3) is 0 Å². The number of esters is 1. The number of rotatable bonds is 8. The number of benzene rings is 2. The van der Waals surface area contributed by atoms with E-state index < -0.39 is 27.5 Å². The first-order valence-corrected chi connectivity index (χ1v) is 9.72. The maximum Gasteiger partial charge on any atom is 0.326 e. The van der Waals surface area contributed by atoms with Crippen molar-refractivity contribution in [3.63, 3.8) is 0 Å². The van der Waals surface area contributed by atoms with Gasteiger partial charge < -0.3 is 9.47 Å². The molecule has 9 nitrogen and oxygen atoms in total. The van der Waals surface area contributed by atoms with Crippen LogP contribution in [0.2, 0.25) is 0 Å². The standard InChI is InChI=1S/C18H20N2O7S/c1-4-27-18(21)12-19(14-6-8-15(26-3)9-7-14)28(24,25)16-10-5-13(2)17(11-16)20(22)23/h5-11H,4,12H2,1-3H3. The van der Waals surface area contributed by atoms with Gasteiger partial charge in [-0.05, 0) is 44.2 Å². The highest BCUT2D eigenvalue weighted by atomic mass is 32.2. The normalized spacial score (nSPS) is 11.0. The molecule has 0 radical (unpaired) electrons. The molecule has 0 amide bonds. The molecule has 2 aromatic rings. The average molecular weight is 408 g/mol. The first-order valence-electron chi connectivity index (χ1n) is 8.28. The average Bonchev–Trinajstić information content (AvgIpc) is 2.66. The molecule has 28 heavy (non-hydrogen) atoms. The molecule has 0 aromatic heterocycles. The molecule has 0 saturated heterocycles. The van der Waals surface area contributed by atoms with Gasteiger partial charge in [0.1, 0.15) is 12.3 Å². The summed E-state index contributed by atoms with van der Waals surface area (Å²) < 4.78 is 37.1. The van der Waals surface area contributed by atoms with Gasteiger partial charge in [0.15, 0.2) is 0 Å². The van der Waals surface area contributed by atoms with E-state index in [1.54, 1.807) is 19.1 Å². The molecule has 0 spiro atoms. The van der Waals surface area contributed by atoms with Crippen molar-refractivity contribution < 1.29 is 27.6 Å². The Labute approximate surface area is 162 Å². The monoisotopic (exact) mass is 408 g/mol. The molecular formula is C18H20N2O7S. The van der Waals surface area contributed by atoms with Gasteiger partial charge in [0.25, 0.3) is 15.7 Å². The van der Waals surface area contributed by atoms with Gasteiger partial charge in [-0.2, -0.15) is 0 Å². The minimum atomic E-state index is -4.27. The Morgan fingerprint density at radius 2 is 1.82 bits per heavy atom. The Morgan fingerprint density at radius 3 is 2.36 bits per heavy atom. The topological polar surface area (TPSA) is 116 Å². The summed E-state index contributed by atoms with van der Waals surface area (Å²) in [6, 6.07) is 9.62. The Bertz CT molecular complexity index is 972. The van der Waals surface area contributed by atoms with E-state index in [-0.39, 0.29) is 22.9 Å². The Balaban J connectivity index is 2.55. The van der Waals surface area contributed by atoms with Crippen molar-refractivity contribution >= 4 is 27.4 Å². The zero-order valence-electron chi connectivity index (χ0n) is 15.6. The van der Waals surface area contributed by atoms with Crippen molar-refractivity contribution in [3.05, 3.63) is 58.1 Å². The third-order valence-electron chi connectivity index (χ3n) is 3.90. The van der Waals surface area contributed by atoms with E-state index in [1.165, 1.54) is 38.3 Å². The van der Waals surface area contributed by atoms with E-state index in [0.29, 0.717) is 11.3 Å². The molecule has 2 rings (SSSR count). The molecule has 0 saturated carbocycles. The quantitative estimate of drug-likeness (QED) is 0.374. The number of anilines is 1. The fourth-order valence-electron chi connectivity index (χ4n) is 2.46. The number of aryl methyl sites for hydroxylation is 1. The minimum absolute atomic E-state index is 0.0886. The Hall–Kier alpha value is -3.14. The Kier molecular flexibility index (Phi) is 6.57. The zero-order chi connectivity index (χ0) is 20.9. The second kappa shape index (κ2) is 8.70. The van der Waals surface area contributed by atoms with E-state index in [2.05, 4.69) is 0 Å². The van der Waals surface area contributed by atoms with Gasteiger partial charge in [0, 0.05) is 11.6 Å². The summed E-state index contributed by atoms with van der Waals surface area (Å²) in [5.41, 5.74) is 0.189. The fraction of sp³-hybridized carbons (Fsp3) is 0.278. The van der Waals surface area contributed by atoms with Crippen LogP contribution in [-0.4, -0.2) is 39.6 Å². The summed E-state index contributed by atoms with van der Waals surface area (Å²) in [4.78, 5) is 22.2. The molecule has 0 aliphatic heterocycles. The van der Waals surface area contributed by atoms with Crippen molar-refractivity contribution in [1.29, 1.82) is 0 Å². The highest BCUT2D eigenvalue weighted by Gasteiger charge is 2.29. The molecule has 10 heteroatoms. The molecule has 0 aliphatic carbocycles. The van der Waals surface area contributed by atoms with Gasteiger partial charge in [0.2, 0.25) is 0 Å². The third kappa shape index (κ3) is 4.58. The van der Waals surface area contributed by atoms with E-state index >= 15 is 0 Å². The number of sulfonamides is 1. The number of hydrogen-bond acceptors (Lipinski definition) is 7. The first kappa shape index (κ1) is 21.2. The van der Waals surface area contributed by atoms with Crippen molar-refractivity contribution in [2.45, 2.75) is 18.7 Å². The van der Waals surface area contributed by atoms with Crippen LogP contribution >= 0.6 is 0 Å². The van der Waals surface area contributed by atoms with Crippen LogP contribution < -0.4 is 9.04 Å². The maximum atomic E-state index is 13.2. The second-order valence-corrected chi connectivity index (χ2v) is 7.58. The van der Waals surface area contributed by atoms with Crippen molar-refractivity contribution in [3.8, 4) is 5.75 Å². The second-order valence-electron chi connectivity index (χ2n) is 5.72. The molecule has 0 aliphatic rings. The van der Waals surface area contributed by atoms with Crippen LogP contribution in [0.5, 0.6) is 5.75 Å². The van der Waals surface area contributed by atoms with Gasteiger partial charge in [-0.15, -0.1) is 0 Å². The molecule has 0 bridgehead atoms. The highest BCUT2D eigenvalue weighted by Crippen LogP contribution is 2.29. The van der Waals surface area contributed by atoms with Gasteiger partial charge in [-0.25, -0.2) is 8.42 Å². The van der Waals surface area contributed by atoms with Crippen molar-refractivity contribution in [2.24, 2.45) is 0 Å². The smallest absolute Gasteiger partial charge is 0.326 e. The van der Waals surface area contributed by atoms with Crippen LogP contribution in [0.15, 0.2) is 47.4 Å². The van der Waals surface area contributed by atoms with Gasteiger partial charge >= 0.3 is 5.97 Å². The number of hydrogen-bond donors (Lipinski definition) is 0. The number of carbonyl (C=O) groups excluding carboxylic acids is 1. The predicted octanol–water partition coefficient (Wildman–Crippen LogP) is 2.67. The van der Waals surface area contributed by atoms with Crippen LogP contribution in [0.3, 0.4) is 0 Å². The number of ether oxygens (including phenoxy) is 2. The largest absolute Gasteiger partial charge is 0.497 e. The minimum Gasteiger partial charge on any atom is -0.497 e. The predicted molar refractivity (Wildman–Crippen MR) is 102 cm³/mol. The first-order chi connectivity index (χ1) is 13.2. The number of nitrogens with zero attached hydrogens (tertiary/aromatic N) is 2. The summed E-state index contributed by atoms with van der Waals surface area (Å²) in [6.07, 6.45) is 0. The number of carbonyl (C=O) groups is 1. The van der Waals surface area contributed by atoms with E-state index in [4.69, 9.17) is 9.47 Å². The van der Waals surface area contributed by atoms with Gasteiger partial charge in [0.05, 0.1) is 29.2 Å². The lowest BCUT2D eigenvalue weighted by Gasteiger charge is -2.23. The molecule has 0 atom stereocenters. The Morgan fingerprint density at radius 1 is 1.18 bits per heavy atom. The molecule has 150 valence electrons. The lowest BCUT2D eigenvalue weighted by molar-refractivity contribution is -0.385. The SMILES string of the molecule is CCOC(=O)CN(c1ccc(OC)cc1)S(=O)(=O)c1ccc(C)c([N+](=O)[O-])c1. The fourth-order valence-corrected chi connectivity index (χ4v) is 3.89. The number of nitro benzene ring substituents is 1. The molecule has 0 unspecified atom stereocenters. The summed E-state index contributed by atoms with van der Waals surface area (Å²) in [7, 11) is -2.81. The summed E-state index contributed by atoms with van der Waals surface area (Å²) in [5.74, 6) is -0.244. The van der Waals surface area contributed by atoms with E-state index in [0.717, 1.165) is 10.4 Å². The summed E-state index contributed by atoms with van der Waals surface area (Å²) in [5, 5.41) is 11.2. The zero-order valence-corrected chi connectivity index (χ0v) is 16.4. The van der Waals surface area contributed by atoms with Crippen LogP contribution in [-0.2, 0) is 19.6 Å². The molecule has 0 N–H and O–H groups in total. The molecule has 2 aromatic carbocycles. The summed E-state index contributed by atoms with van der Waals surface area (Å²) >= 11 is 0. The third-order valence-corrected chi connectivity index (χ3v) is 5.67. The van der Waals surface area contributed by atoms with Crippen LogP contribution in [0, 0.1) is 17.0 Å². The van der Waals surface area contributed by atoms with Crippen molar-refractivity contribution in [2.75, 3.05) is 24.6 Å². The van der Waals surface area contributed by atoms with Gasteiger partial charge in [-0.1, -0.05) is 6.07 Å². The number of nitro groups is 1. The molecule has 0 heterocycles. The lowest BCUT2D eigenvalue weighted by Crippen LogP contribution is -2.36. The number of methoxy groups -OCH3 is 1. The highest BCUT2D eigenvalue weighted by molar-refractivity contribution is 7.92. The summed E-state index contributed by atoms with van der Waals surface area (Å²) in [6.45, 7) is 2.62. The van der Waals surface area contributed by atoms with E-state index in [1.807, 2.05) is 0 Å². The molecule has 0 fully saturated rings. The van der Waals surface area contributed by atoms with Gasteiger partial charge in [-0.3, -0.25) is 19.2 Å².